The molecule has 0 saturated heterocycles. The molecule has 0 amide bonds. The van der Waals surface area contributed by atoms with E-state index >= 15 is 0 Å². The predicted molar refractivity (Wildman–Crippen MR) is 68.9 cm³/mol. The van der Waals surface area contributed by atoms with Gasteiger partial charge in [-0.1, -0.05) is 0 Å². The van der Waals surface area contributed by atoms with E-state index in [1.54, 1.807) is 0 Å². The van der Waals surface area contributed by atoms with Gasteiger partial charge in [-0.2, -0.15) is 0 Å². The van der Waals surface area contributed by atoms with Crippen LogP contribution in [-0.4, -0.2) is 12.6 Å². The first-order valence-corrected chi connectivity index (χ1v) is 6.23. The minimum Gasteiger partial charge on any atom is -0.488 e. The second-order valence-corrected chi connectivity index (χ2v) is 4.75. The number of hydrogen-bond donors (Lipinski definition) is 1. The molecule has 1 aliphatic heterocycles. The molecule has 1 heterocycles. The lowest BCUT2D eigenvalue weighted by molar-refractivity contribution is 0.242. The number of benzene rings is 2. The van der Waals surface area contributed by atoms with Gasteiger partial charge in [0, 0.05) is 29.7 Å². The fraction of sp³-hybridized carbons (Fsp3) is 0.200. The van der Waals surface area contributed by atoms with E-state index in [1.807, 2.05) is 0 Å². The average molecular weight is 279 g/mol. The van der Waals surface area contributed by atoms with Gasteiger partial charge in [-0.05, 0) is 30.3 Å². The van der Waals surface area contributed by atoms with E-state index in [0.717, 1.165) is 24.3 Å². The molecule has 2 aromatic rings. The van der Waals surface area contributed by atoms with Gasteiger partial charge in [-0.25, -0.2) is 13.2 Å². The minimum atomic E-state index is -0.626. The highest BCUT2D eigenvalue weighted by Gasteiger charge is 2.27. The molecule has 1 aliphatic rings. The molecule has 104 valence electrons. The predicted octanol–water partition coefficient (Wildman–Crippen LogP) is 3.03. The van der Waals surface area contributed by atoms with Crippen LogP contribution in [0.4, 0.5) is 13.2 Å². The topological polar surface area (TPSA) is 35.2 Å². The zero-order valence-corrected chi connectivity index (χ0v) is 10.5. The average Bonchev–Trinajstić information content (AvgIpc) is 2.83. The third kappa shape index (κ3) is 2.14. The number of ether oxygens (including phenoxy) is 1. The number of rotatable bonds is 2. The molecule has 2 N–H and O–H groups in total. The quantitative estimate of drug-likeness (QED) is 0.917. The van der Waals surface area contributed by atoms with Gasteiger partial charge in [0.05, 0.1) is 0 Å². The zero-order chi connectivity index (χ0) is 14.3. The van der Waals surface area contributed by atoms with Crippen LogP contribution in [0.1, 0.15) is 5.56 Å². The second kappa shape index (κ2) is 4.83. The van der Waals surface area contributed by atoms with Crippen LogP contribution in [0.3, 0.4) is 0 Å². The first-order valence-electron chi connectivity index (χ1n) is 6.23. The minimum absolute atomic E-state index is 0.0154. The van der Waals surface area contributed by atoms with E-state index in [2.05, 4.69) is 0 Å². The molecule has 0 fully saturated rings. The van der Waals surface area contributed by atoms with E-state index in [4.69, 9.17) is 10.5 Å². The molecule has 2 nitrogen and oxygen atoms in total. The van der Waals surface area contributed by atoms with Crippen molar-refractivity contribution in [2.24, 2.45) is 5.73 Å². The summed E-state index contributed by atoms with van der Waals surface area (Å²) in [5.74, 6) is -1.35. The van der Waals surface area contributed by atoms with Gasteiger partial charge in [-0.15, -0.1) is 0 Å². The summed E-state index contributed by atoms with van der Waals surface area (Å²) >= 11 is 0. The molecule has 20 heavy (non-hydrogen) atoms. The summed E-state index contributed by atoms with van der Waals surface area (Å²) in [6.07, 6.45) is 0.204. The van der Waals surface area contributed by atoms with Crippen molar-refractivity contribution in [1.29, 1.82) is 0 Å². The summed E-state index contributed by atoms with van der Waals surface area (Å²) in [6.45, 7) is 0.279. The molecule has 5 heteroatoms. The molecule has 0 aliphatic carbocycles. The van der Waals surface area contributed by atoms with Gasteiger partial charge >= 0.3 is 0 Å². The Bertz CT molecular complexity index is 672. The maximum Gasteiger partial charge on any atom is 0.131 e. The van der Waals surface area contributed by atoms with Gasteiger partial charge in [0.1, 0.15) is 29.3 Å². The summed E-state index contributed by atoms with van der Waals surface area (Å²) < 4.78 is 46.5. The normalized spacial score (nSPS) is 16.9. The van der Waals surface area contributed by atoms with Crippen LogP contribution in [0.5, 0.6) is 5.75 Å². The summed E-state index contributed by atoms with van der Waals surface area (Å²) in [7, 11) is 0. The van der Waals surface area contributed by atoms with Gasteiger partial charge in [0.15, 0.2) is 0 Å². The van der Waals surface area contributed by atoms with Crippen LogP contribution in [0, 0.1) is 17.5 Å². The first kappa shape index (κ1) is 13.0. The largest absolute Gasteiger partial charge is 0.488 e. The maximum absolute atomic E-state index is 13.9. The number of hydrogen-bond acceptors (Lipinski definition) is 2. The van der Waals surface area contributed by atoms with Crippen molar-refractivity contribution >= 4 is 0 Å². The van der Waals surface area contributed by atoms with Crippen molar-refractivity contribution in [2.45, 2.75) is 12.5 Å². The van der Waals surface area contributed by atoms with Crippen molar-refractivity contribution in [3.05, 3.63) is 53.3 Å². The maximum atomic E-state index is 13.9. The highest BCUT2D eigenvalue weighted by molar-refractivity contribution is 5.73. The highest BCUT2D eigenvalue weighted by atomic mass is 19.1. The molecule has 2 aromatic carbocycles. The lowest BCUT2D eigenvalue weighted by Gasteiger charge is -2.12. The molecule has 1 atom stereocenters. The molecule has 3 rings (SSSR count). The van der Waals surface area contributed by atoms with E-state index in [1.165, 1.54) is 6.07 Å². The summed E-state index contributed by atoms with van der Waals surface area (Å²) in [5, 5.41) is 0. The van der Waals surface area contributed by atoms with Gasteiger partial charge < -0.3 is 10.5 Å². The number of nitrogens with two attached hydrogens (primary N) is 1. The standard InChI is InChI=1S/C15H12F3NO/c16-9-1-2-14(18)12(5-9)13-6-10(17)3-8-4-11(7-19)20-15(8)13/h1-3,5-6,11H,4,7,19H2/t11-/m1/s1. The van der Waals surface area contributed by atoms with Gasteiger partial charge in [0.25, 0.3) is 0 Å². The lowest BCUT2D eigenvalue weighted by Crippen LogP contribution is -2.24. The van der Waals surface area contributed by atoms with Crippen molar-refractivity contribution in [3.8, 4) is 16.9 Å². The Hall–Kier alpha value is -2.01. The Morgan fingerprint density at radius 3 is 2.55 bits per heavy atom. The Morgan fingerprint density at radius 1 is 1.05 bits per heavy atom. The van der Waals surface area contributed by atoms with Crippen molar-refractivity contribution in [1.82, 2.24) is 0 Å². The van der Waals surface area contributed by atoms with E-state index in [9.17, 15) is 13.2 Å². The molecule has 0 aromatic heterocycles. The molecule has 0 unspecified atom stereocenters. The van der Waals surface area contributed by atoms with Gasteiger partial charge in [0.2, 0.25) is 0 Å². The van der Waals surface area contributed by atoms with Crippen molar-refractivity contribution in [3.63, 3.8) is 0 Å². The molecule has 0 saturated carbocycles. The fourth-order valence-electron chi connectivity index (χ4n) is 2.43. The van der Waals surface area contributed by atoms with Crippen LogP contribution in [0.15, 0.2) is 30.3 Å². The summed E-state index contributed by atoms with van der Waals surface area (Å²) in [4.78, 5) is 0. The Morgan fingerprint density at radius 2 is 1.80 bits per heavy atom. The third-order valence-corrected chi connectivity index (χ3v) is 3.34. The fourth-order valence-corrected chi connectivity index (χ4v) is 2.43. The van der Waals surface area contributed by atoms with Crippen molar-refractivity contribution in [2.75, 3.05) is 6.54 Å². The van der Waals surface area contributed by atoms with Crippen LogP contribution in [0.2, 0.25) is 0 Å². The SMILES string of the molecule is NC[C@H]1Cc2cc(F)cc(-c3cc(F)ccc3F)c2O1. The number of fused-ring (bicyclic) bond motifs is 1. The van der Waals surface area contributed by atoms with E-state index in [-0.39, 0.29) is 23.8 Å². The smallest absolute Gasteiger partial charge is 0.131 e. The van der Waals surface area contributed by atoms with Crippen LogP contribution >= 0.6 is 0 Å². The molecule has 0 spiro atoms. The summed E-state index contributed by atoms with van der Waals surface area (Å²) in [6, 6.07) is 5.55. The zero-order valence-electron chi connectivity index (χ0n) is 10.5. The van der Waals surface area contributed by atoms with Crippen LogP contribution in [-0.2, 0) is 6.42 Å². The molecular formula is C15H12F3NO. The Kier molecular flexibility index (Phi) is 3.14. The Labute approximate surface area is 114 Å². The first-order chi connectivity index (χ1) is 9.58. The second-order valence-electron chi connectivity index (χ2n) is 4.75. The monoisotopic (exact) mass is 279 g/mol. The summed E-state index contributed by atoms with van der Waals surface area (Å²) in [5.41, 5.74) is 6.37. The molecular weight excluding hydrogens is 267 g/mol. The van der Waals surface area contributed by atoms with Crippen molar-refractivity contribution < 1.29 is 17.9 Å². The Balaban J connectivity index is 2.18. The molecule has 0 radical (unpaired) electrons. The highest BCUT2D eigenvalue weighted by Crippen LogP contribution is 2.40. The van der Waals surface area contributed by atoms with Crippen LogP contribution in [0.25, 0.3) is 11.1 Å². The van der Waals surface area contributed by atoms with E-state index in [0.29, 0.717) is 17.7 Å². The van der Waals surface area contributed by atoms with E-state index < -0.39 is 17.5 Å². The lowest BCUT2D eigenvalue weighted by atomic mass is 9.99. The van der Waals surface area contributed by atoms with Gasteiger partial charge in [-0.3, -0.25) is 0 Å². The van der Waals surface area contributed by atoms with Crippen LogP contribution < -0.4 is 10.5 Å². The molecule has 0 bridgehead atoms. The third-order valence-electron chi connectivity index (χ3n) is 3.34. The number of halogens is 3.